The summed E-state index contributed by atoms with van der Waals surface area (Å²) in [7, 11) is 0. The Morgan fingerprint density at radius 3 is 2.89 bits per heavy atom. The Morgan fingerprint density at radius 2 is 2.21 bits per heavy atom. The first-order valence-electron chi connectivity index (χ1n) is 6.42. The Labute approximate surface area is 111 Å². The van der Waals surface area contributed by atoms with Crippen LogP contribution < -0.4 is 10.6 Å². The van der Waals surface area contributed by atoms with Crippen LogP contribution >= 0.6 is 0 Å². The van der Waals surface area contributed by atoms with Crippen LogP contribution in [0, 0.1) is 6.92 Å². The average Bonchev–Trinajstić information content (AvgIpc) is 3.02. The zero-order chi connectivity index (χ0) is 13.7. The zero-order valence-electron chi connectivity index (χ0n) is 11.4. The number of anilines is 1. The van der Waals surface area contributed by atoms with Gasteiger partial charge in [0.2, 0.25) is 5.89 Å². The Hall–Kier alpha value is -1.89. The first kappa shape index (κ1) is 13.5. The molecule has 2 aromatic rings. The van der Waals surface area contributed by atoms with Gasteiger partial charge >= 0.3 is 6.01 Å². The van der Waals surface area contributed by atoms with Crippen molar-refractivity contribution in [2.45, 2.75) is 39.8 Å². The molecular weight excluding hydrogens is 246 g/mol. The molecule has 7 heteroatoms. The van der Waals surface area contributed by atoms with Gasteiger partial charge in [-0.2, -0.15) is 0 Å². The number of nitrogens with one attached hydrogen (secondary N) is 2. The molecule has 0 bridgehead atoms. The predicted molar refractivity (Wildman–Crippen MR) is 69.6 cm³/mol. The number of aromatic nitrogens is 3. The summed E-state index contributed by atoms with van der Waals surface area (Å²) >= 11 is 0. The molecule has 0 fully saturated rings. The summed E-state index contributed by atoms with van der Waals surface area (Å²) in [4.78, 5) is 0. The predicted octanol–water partition coefficient (Wildman–Crippen LogP) is 2.04. The third kappa shape index (κ3) is 3.78. The molecule has 0 spiro atoms. The van der Waals surface area contributed by atoms with Gasteiger partial charge < -0.3 is 19.6 Å². The molecule has 0 radical (unpaired) electrons. The van der Waals surface area contributed by atoms with Crippen LogP contribution in [0.15, 0.2) is 15.0 Å². The van der Waals surface area contributed by atoms with Gasteiger partial charge in [0.1, 0.15) is 11.5 Å². The Kier molecular flexibility index (Phi) is 4.51. The molecule has 104 valence electrons. The first-order valence-corrected chi connectivity index (χ1v) is 6.42. The van der Waals surface area contributed by atoms with Crippen LogP contribution in [0.25, 0.3) is 0 Å². The summed E-state index contributed by atoms with van der Waals surface area (Å²) in [6.45, 7) is 7.37. The van der Waals surface area contributed by atoms with Gasteiger partial charge in [0.15, 0.2) is 0 Å². The summed E-state index contributed by atoms with van der Waals surface area (Å²) in [6, 6.07) is 2.30. The minimum atomic E-state index is 0.0531. The summed E-state index contributed by atoms with van der Waals surface area (Å²) in [6.07, 6.45) is 1.06. The zero-order valence-corrected chi connectivity index (χ0v) is 11.4. The standard InChI is InChI=1S/C12H19N5O2/c1-4-5-13-9(3)11-15-16-12(18-11)14-7-10-6-8(2)19-17-10/h6,9,13H,4-5,7H2,1-3H3,(H,14,16). The van der Waals surface area contributed by atoms with Gasteiger partial charge in [-0.25, -0.2) is 0 Å². The summed E-state index contributed by atoms with van der Waals surface area (Å²) in [5, 5.41) is 18.1. The van der Waals surface area contributed by atoms with Crippen LogP contribution in [-0.4, -0.2) is 21.9 Å². The normalized spacial score (nSPS) is 12.6. The smallest absolute Gasteiger partial charge is 0.315 e. The summed E-state index contributed by atoms with van der Waals surface area (Å²) in [5.41, 5.74) is 0.800. The van der Waals surface area contributed by atoms with Crippen LogP contribution in [0.4, 0.5) is 6.01 Å². The second kappa shape index (κ2) is 6.33. The highest BCUT2D eigenvalue weighted by Crippen LogP contribution is 2.14. The van der Waals surface area contributed by atoms with Gasteiger partial charge in [-0.3, -0.25) is 0 Å². The van der Waals surface area contributed by atoms with Crippen molar-refractivity contribution in [3.8, 4) is 0 Å². The van der Waals surface area contributed by atoms with E-state index in [1.807, 2.05) is 19.9 Å². The van der Waals surface area contributed by atoms with Gasteiger partial charge in [0.25, 0.3) is 0 Å². The van der Waals surface area contributed by atoms with E-state index in [9.17, 15) is 0 Å². The molecule has 1 atom stereocenters. The molecule has 2 heterocycles. The second-order valence-electron chi connectivity index (χ2n) is 4.40. The van der Waals surface area contributed by atoms with Crippen molar-refractivity contribution in [3.05, 3.63) is 23.4 Å². The summed E-state index contributed by atoms with van der Waals surface area (Å²) in [5.74, 6) is 1.35. The molecule has 0 amide bonds. The monoisotopic (exact) mass is 265 g/mol. The molecule has 2 N–H and O–H groups in total. The molecule has 0 aromatic carbocycles. The highest BCUT2D eigenvalue weighted by Gasteiger charge is 2.13. The van der Waals surface area contributed by atoms with Gasteiger partial charge in [-0.1, -0.05) is 17.2 Å². The highest BCUT2D eigenvalue weighted by atomic mass is 16.5. The molecule has 7 nitrogen and oxygen atoms in total. The number of hydrogen-bond donors (Lipinski definition) is 2. The van der Waals surface area contributed by atoms with Crippen LogP contribution in [0.2, 0.25) is 0 Å². The van der Waals surface area contributed by atoms with Crippen molar-refractivity contribution in [2.75, 3.05) is 11.9 Å². The quantitative estimate of drug-likeness (QED) is 0.791. The molecule has 0 aliphatic carbocycles. The Bertz CT molecular complexity index is 508. The van der Waals surface area contributed by atoms with Crippen molar-refractivity contribution in [2.24, 2.45) is 0 Å². The molecule has 0 saturated carbocycles. The molecular formula is C12H19N5O2. The molecule has 0 aliphatic heterocycles. The van der Waals surface area contributed by atoms with Gasteiger partial charge in [-0.15, -0.1) is 5.10 Å². The third-order valence-corrected chi connectivity index (χ3v) is 2.61. The fourth-order valence-electron chi connectivity index (χ4n) is 1.60. The lowest BCUT2D eigenvalue weighted by Crippen LogP contribution is -2.19. The van der Waals surface area contributed by atoms with Crippen LogP contribution in [-0.2, 0) is 6.54 Å². The number of nitrogens with zero attached hydrogens (tertiary/aromatic N) is 3. The largest absolute Gasteiger partial charge is 0.406 e. The first-order chi connectivity index (χ1) is 9.19. The second-order valence-corrected chi connectivity index (χ2v) is 4.40. The van der Waals surface area contributed by atoms with Gasteiger partial charge in [0, 0.05) is 6.07 Å². The van der Waals surface area contributed by atoms with E-state index in [-0.39, 0.29) is 6.04 Å². The van der Waals surface area contributed by atoms with E-state index >= 15 is 0 Å². The molecule has 0 saturated heterocycles. The number of rotatable bonds is 7. The minimum Gasteiger partial charge on any atom is -0.406 e. The fourth-order valence-corrected chi connectivity index (χ4v) is 1.60. The maximum atomic E-state index is 5.52. The third-order valence-electron chi connectivity index (χ3n) is 2.61. The molecule has 19 heavy (non-hydrogen) atoms. The number of aryl methyl sites for hydroxylation is 1. The van der Waals surface area contributed by atoms with E-state index in [2.05, 4.69) is 32.9 Å². The maximum absolute atomic E-state index is 5.52. The fraction of sp³-hybridized carbons (Fsp3) is 0.583. The van der Waals surface area contributed by atoms with E-state index in [1.165, 1.54) is 0 Å². The van der Waals surface area contributed by atoms with E-state index in [1.54, 1.807) is 0 Å². The summed E-state index contributed by atoms with van der Waals surface area (Å²) < 4.78 is 10.5. The molecule has 0 aliphatic rings. The highest BCUT2D eigenvalue weighted by molar-refractivity contribution is 5.20. The van der Waals surface area contributed by atoms with Crippen molar-refractivity contribution >= 4 is 6.01 Å². The molecule has 2 rings (SSSR count). The van der Waals surface area contributed by atoms with Gasteiger partial charge in [0.05, 0.1) is 12.6 Å². The van der Waals surface area contributed by atoms with Crippen molar-refractivity contribution in [3.63, 3.8) is 0 Å². The van der Waals surface area contributed by atoms with Crippen LogP contribution in [0.1, 0.15) is 43.7 Å². The van der Waals surface area contributed by atoms with Crippen molar-refractivity contribution < 1.29 is 8.94 Å². The molecule has 1 unspecified atom stereocenters. The molecule has 2 aromatic heterocycles. The minimum absolute atomic E-state index is 0.0531. The Balaban J connectivity index is 1.86. The van der Waals surface area contributed by atoms with E-state index in [0.717, 1.165) is 24.4 Å². The average molecular weight is 265 g/mol. The van der Waals surface area contributed by atoms with Crippen LogP contribution in [0.5, 0.6) is 0 Å². The lowest BCUT2D eigenvalue weighted by atomic mass is 10.3. The van der Waals surface area contributed by atoms with Crippen LogP contribution in [0.3, 0.4) is 0 Å². The number of hydrogen-bond acceptors (Lipinski definition) is 7. The SMILES string of the molecule is CCCNC(C)c1nnc(NCc2cc(C)on2)o1. The van der Waals surface area contributed by atoms with E-state index < -0.39 is 0 Å². The maximum Gasteiger partial charge on any atom is 0.315 e. The van der Waals surface area contributed by atoms with Crippen molar-refractivity contribution in [1.82, 2.24) is 20.7 Å². The van der Waals surface area contributed by atoms with E-state index in [4.69, 9.17) is 8.94 Å². The Morgan fingerprint density at radius 1 is 1.37 bits per heavy atom. The van der Waals surface area contributed by atoms with E-state index in [0.29, 0.717) is 18.5 Å². The lowest BCUT2D eigenvalue weighted by molar-refractivity contribution is 0.390. The van der Waals surface area contributed by atoms with Crippen molar-refractivity contribution in [1.29, 1.82) is 0 Å². The van der Waals surface area contributed by atoms with Gasteiger partial charge in [-0.05, 0) is 26.8 Å². The topological polar surface area (TPSA) is 89.0 Å². The lowest BCUT2D eigenvalue weighted by Gasteiger charge is -2.07.